The van der Waals surface area contributed by atoms with E-state index in [1.54, 1.807) is 13.1 Å². The third-order valence-corrected chi connectivity index (χ3v) is 3.76. The van der Waals surface area contributed by atoms with E-state index in [2.05, 4.69) is 4.98 Å². The van der Waals surface area contributed by atoms with Crippen LogP contribution in [0.25, 0.3) is 5.69 Å². The smallest absolute Gasteiger partial charge is 0.230 e. The number of para-hydroxylation sites is 1. The summed E-state index contributed by atoms with van der Waals surface area (Å²) in [6.45, 7) is 3.82. The standard InChI is InChI=1S/C13H15N3OS/c1-9-5-3-4-6-11(9)16-8-7-15-13(16)18-10(2)12(14)17/h3-8,10H,1-2H3,(H2,14,17). The van der Waals surface area contributed by atoms with Crippen molar-refractivity contribution in [2.45, 2.75) is 24.3 Å². The lowest BCUT2D eigenvalue weighted by Gasteiger charge is -2.11. The molecule has 18 heavy (non-hydrogen) atoms. The fraction of sp³-hybridized carbons (Fsp3) is 0.231. The van der Waals surface area contributed by atoms with Crippen LogP contribution in [0.3, 0.4) is 0 Å². The van der Waals surface area contributed by atoms with Crippen LogP contribution in [0.1, 0.15) is 12.5 Å². The Balaban J connectivity index is 2.34. The van der Waals surface area contributed by atoms with Crippen LogP contribution in [0, 0.1) is 6.92 Å². The predicted octanol–water partition coefficient (Wildman–Crippen LogP) is 2.15. The number of nitrogens with two attached hydrogens (primary N) is 1. The van der Waals surface area contributed by atoms with Crippen molar-refractivity contribution in [3.05, 3.63) is 42.2 Å². The number of amides is 1. The maximum absolute atomic E-state index is 11.1. The average Bonchev–Trinajstić information content (AvgIpc) is 2.77. The molecule has 1 aromatic heterocycles. The number of thioether (sulfide) groups is 1. The highest BCUT2D eigenvalue weighted by Crippen LogP contribution is 2.25. The van der Waals surface area contributed by atoms with Crippen molar-refractivity contribution in [2.24, 2.45) is 5.73 Å². The van der Waals surface area contributed by atoms with Gasteiger partial charge in [-0.2, -0.15) is 0 Å². The number of rotatable bonds is 4. The normalized spacial score (nSPS) is 12.3. The van der Waals surface area contributed by atoms with E-state index in [1.165, 1.54) is 11.8 Å². The molecule has 0 bridgehead atoms. The molecule has 2 N–H and O–H groups in total. The van der Waals surface area contributed by atoms with Crippen molar-refractivity contribution >= 4 is 17.7 Å². The van der Waals surface area contributed by atoms with Crippen LogP contribution in [0.15, 0.2) is 41.8 Å². The van der Waals surface area contributed by atoms with Crippen LogP contribution in [0.2, 0.25) is 0 Å². The van der Waals surface area contributed by atoms with E-state index in [9.17, 15) is 4.79 Å². The molecule has 1 heterocycles. The van der Waals surface area contributed by atoms with Crippen LogP contribution in [-0.4, -0.2) is 20.7 Å². The molecule has 1 amide bonds. The molecule has 1 atom stereocenters. The molecule has 0 fully saturated rings. The van der Waals surface area contributed by atoms with Gasteiger partial charge in [0.05, 0.1) is 10.9 Å². The zero-order chi connectivity index (χ0) is 13.1. The highest BCUT2D eigenvalue weighted by molar-refractivity contribution is 8.00. The number of nitrogens with zero attached hydrogens (tertiary/aromatic N) is 2. The van der Waals surface area contributed by atoms with Gasteiger partial charge in [-0.1, -0.05) is 30.0 Å². The summed E-state index contributed by atoms with van der Waals surface area (Å²) < 4.78 is 1.97. The van der Waals surface area contributed by atoms with Crippen LogP contribution >= 0.6 is 11.8 Å². The number of hydrogen-bond donors (Lipinski definition) is 1. The van der Waals surface area contributed by atoms with Gasteiger partial charge >= 0.3 is 0 Å². The van der Waals surface area contributed by atoms with Gasteiger partial charge < -0.3 is 5.73 Å². The van der Waals surface area contributed by atoms with Crippen LogP contribution in [-0.2, 0) is 4.79 Å². The molecule has 1 unspecified atom stereocenters. The van der Waals surface area contributed by atoms with Gasteiger partial charge in [0.2, 0.25) is 5.91 Å². The molecule has 2 rings (SSSR count). The van der Waals surface area contributed by atoms with Crippen LogP contribution < -0.4 is 5.73 Å². The largest absolute Gasteiger partial charge is 0.369 e. The Labute approximate surface area is 110 Å². The predicted molar refractivity (Wildman–Crippen MR) is 72.8 cm³/mol. The minimum absolute atomic E-state index is 0.296. The van der Waals surface area contributed by atoms with E-state index in [-0.39, 0.29) is 11.2 Å². The first-order valence-electron chi connectivity index (χ1n) is 5.65. The van der Waals surface area contributed by atoms with Crippen LogP contribution in [0.4, 0.5) is 0 Å². The second kappa shape index (κ2) is 5.27. The Kier molecular flexibility index (Phi) is 3.72. The van der Waals surface area contributed by atoms with Crippen LogP contribution in [0.5, 0.6) is 0 Å². The molecule has 0 spiro atoms. The Hall–Kier alpha value is -1.75. The number of aromatic nitrogens is 2. The molecule has 0 saturated heterocycles. The summed E-state index contributed by atoms with van der Waals surface area (Å²) in [6, 6.07) is 8.04. The second-order valence-corrected chi connectivity index (χ2v) is 5.34. The topological polar surface area (TPSA) is 60.9 Å². The summed E-state index contributed by atoms with van der Waals surface area (Å²) in [5.41, 5.74) is 7.50. The lowest BCUT2D eigenvalue weighted by Crippen LogP contribution is -2.23. The van der Waals surface area contributed by atoms with Gasteiger partial charge in [-0.25, -0.2) is 4.98 Å². The summed E-state index contributed by atoms with van der Waals surface area (Å²) >= 11 is 1.37. The Morgan fingerprint density at radius 2 is 2.17 bits per heavy atom. The van der Waals surface area contributed by atoms with E-state index in [0.717, 1.165) is 16.4 Å². The first kappa shape index (κ1) is 12.7. The van der Waals surface area contributed by atoms with Gasteiger partial charge in [0.1, 0.15) is 0 Å². The van der Waals surface area contributed by atoms with Gasteiger partial charge in [-0.15, -0.1) is 0 Å². The van der Waals surface area contributed by atoms with E-state index in [0.29, 0.717) is 0 Å². The van der Waals surface area contributed by atoms with Crippen molar-refractivity contribution in [1.82, 2.24) is 9.55 Å². The monoisotopic (exact) mass is 261 g/mol. The quantitative estimate of drug-likeness (QED) is 0.858. The summed E-state index contributed by atoms with van der Waals surface area (Å²) in [5.74, 6) is -0.334. The number of primary amides is 1. The molecule has 4 nitrogen and oxygen atoms in total. The fourth-order valence-electron chi connectivity index (χ4n) is 1.61. The highest BCUT2D eigenvalue weighted by atomic mass is 32.2. The third kappa shape index (κ3) is 2.56. The minimum Gasteiger partial charge on any atom is -0.369 e. The fourth-order valence-corrected chi connectivity index (χ4v) is 2.44. The molecule has 94 valence electrons. The molecule has 0 saturated carbocycles. The molecular formula is C13H15N3OS. The number of carbonyl (C=O) groups excluding carboxylic acids is 1. The number of carbonyl (C=O) groups is 1. The SMILES string of the molecule is Cc1ccccc1-n1ccnc1SC(C)C(N)=O. The van der Waals surface area contributed by atoms with Gasteiger partial charge in [-0.05, 0) is 25.5 Å². The maximum atomic E-state index is 11.1. The third-order valence-electron chi connectivity index (χ3n) is 2.66. The summed E-state index contributed by atoms with van der Waals surface area (Å²) in [4.78, 5) is 15.4. The number of imidazole rings is 1. The number of aryl methyl sites for hydroxylation is 1. The summed E-state index contributed by atoms with van der Waals surface area (Å²) in [7, 11) is 0. The highest BCUT2D eigenvalue weighted by Gasteiger charge is 2.15. The number of benzene rings is 1. The van der Waals surface area contributed by atoms with Crippen molar-refractivity contribution in [3.63, 3.8) is 0 Å². The van der Waals surface area contributed by atoms with Crippen molar-refractivity contribution in [2.75, 3.05) is 0 Å². The molecule has 1 aromatic carbocycles. The minimum atomic E-state index is -0.334. The zero-order valence-electron chi connectivity index (χ0n) is 10.3. The van der Waals surface area contributed by atoms with E-state index in [4.69, 9.17) is 5.73 Å². The van der Waals surface area contributed by atoms with Gasteiger partial charge in [-0.3, -0.25) is 9.36 Å². The molecule has 0 radical (unpaired) electrons. The Bertz CT molecular complexity index is 565. The maximum Gasteiger partial charge on any atom is 0.230 e. The summed E-state index contributed by atoms with van der Waals surface area (Å²) in [6.07, 6.45) is 3.61. The average molecular weight is 261 g/mol. The van der Waals surface area contributed by atoms with E-state index >= 15 is 0 Å². The van der Waals surface area contributed by atoms with E-state index in [1.807, 2.05) is 42.0 Å². The Morgan fingerprint density at radius 1 is 1.44 bits per heavy atom. The molecule has 5 heteroatoms. The van der Waals surface area contributed by atoms with Crippen molar-refractivity contribution in [3.8, 4) is 5.69 Å². The molecule has 0 aliphatic heterocycles. The van der Waals surface area contributed by atoms with E-state index < -0.39 is 0 Å². The molecule has 2 aromatic rings. The summed E-state index contributed by atoms with van der Waals surface area (Å²) in [5, 5.41) is 0.478. The molecular weight excluding hydrogens is 246 g/mol. The Morgan fingerprint density at radius 3 is 2.83 bits per heavy atom. The zero-order valence-corrected chi connectivity index (χ0v) is 11.1. The first-order valence-corrected chi connectivity index (χ1v) is 6.53. The molecule has 0 aliphatic carbocycles. The van der Waals surface area contributed by atoms with Gasteiger partial charge in [0.25, 0.3) is 0 Å². The lowest BCUT2D eigenvalue weighted by atomic mass is 10.2. The van der Waals surface area contributed by atoms with Crippen molar-refractivity contribution < 1.29 is 4.79 Å². The number of hydrogen-bond acceptors (Lipinski definition) is 3. The van der Waals surface area contributed by atoms with Crippen molar-refractivity contribution in [1.29, 1.82) is 0 Å². The second-order valence-electron chi connectivity index (χ2n) is 4.03. The van der Waals surface area contributed by atoms with Gasteiger partial charge in [0, 0.05) is 12.4 Å². The molecule has 0 aliphatic rings. The lowest BCUT2D eigenvalue weighted by molar-refractivity contribution is -0.117. The first-order chi connectivity index (χ1) is 8.59. The van der Waals surface area contributed by atoms with Gasteiger partial charge in [0.15, 0.2) is 5.16 Å².